The summed E-state index contributed by atoms with van der Waals surface area (Å²) in [5.74, 6) is -1.10. The lowest BCUT2D eigenvalue weighted by Crippen LogP contribution is -2.42. The van der Waals surface area contributed by atoms with Crippen molar-refractivity contribution in [1.29, 1.82) is 0 Å². The van der Waals surface area contributed by atoms with Crippen molar-refractivity contribution in [2.45, 2.75) is 38.8 Å². The summed E-state index contributed by atoms with van der Waals surface area (Å²) < 4.78 is 45.6. The van der Waals surface area contributed by atoms with E-state index in [1.807, 2.05) is 0 Å². The van der Waals surface area contributed by atoms with Gasteiger partial charge >= 0.3 is 12.5 Å². The molecule has 1 unspecified atom stereocenters. The van der Waals surface area contributed by atoms with Crippen LogP contribution in [-0.4, -0.2) is 43.2 Å². The summed E-state index contributed by atoms with van der Waals surface area (Å²) in [5, 5.41) is 3.25. The van der Waals surface area contributed by atoms with E-state index < -0.39 is 35.8 Å². The maximum absolute atomic E-state index is 12.4. The fourth-order valence-corrected chi connectivity index (χ4v) is 1.85. The molecule has 0 aliphatic carbocycles. The summed E-state index contributed by atoms with van der Waals surface area (Å²) in [6.45, 7) is 4.94. The third-order valence-electron chi connectivity index (χ3n) is 2.94. The van der Waals surface area contributed by atoms with Crippen LogP contribution in [0.15, 0.2) is 24.3 Å². The topological polar surface area (TPSA) is 77.1 Å². The van der Waals surface area contributed by atoms with Gasteiger partial charge in [-0.2, -0.15) is 0 Å². The summed E-state index contributed by atoms with van der Waals surface area (Å²) >= 11 is 0. The number of rotatable bonds is 5. The number of hydrogen-bond acceptors (Lipinski definition) is 5. The van der Waals surface area contributed by atoms with E-state index in [1.165, 1.54) is 26.3 Å². The first-order valence-corrected chi connectivity index (χ1v) is 7.49. The molecular formula is C16H21F3N2O5. The highest BCUT2D eigenvalue weighted by molar-refractivity contribution is 5.86. The Morgan fingerprint density at radius 2 is 1.65 bits per heavy atom. The molecule has 0 radical (unpaired) electrons. The maximum atomic E-state index is 12.4. The molecule has 7 nitrogen and oxygen atoms in total. The highest BCUT2D eigenvalue weighted by atomic mass is 19.4. The van der Waals surface area contributed by atoms with Crippen molar-refractivity contribution in [2.75, 3.05) is 14.2 Å². The third kappa shape index (κ3) is 7.18. The average molecular weight is 378 g/mol. The molecule has 1 aromatic rings. The van der Waals surface area contributed by atoms with Crippen LogP contribution in [-0.2, 0) is 14.4 Å². The average Bonchev–Trinajstić information content (AvgIpc) is 2.49. The molecule has 0 saturated heterocycles. The van der Waals surface area contributed by atoms with Crippen LogP contribution in [0.4, 0.5) is 18.0 Å². The summed E-state index contributed by atoms with van der Waals surface area (Å²) in [7, 11) is 2.58. The molecule has 1 N–H and O–H groups in total. The van der Waals surface area contributed by atoms with Gasteiger partial charge in [-0.05, 0) is 38.5 Å². The Labute approximate surface area is 149 Å². The summed E-state index contributed by atoms with van der Waals surface area (Å²) in [6.07, 6.45) is -5.70. The molecule has 0 fully saturated rings. The molecule has 26 heavy (non-hydrogen) atoms. The van der Waals surface area contributed by atoms with Gasteiger partial charge in [0.05, 0.1) is 7.11 Å². The molecule has 0 aromatic heterocycles. The number of hydroxylamine groups is 2. The fraction of sp³-hybridized carbons (Fsp3) is 0.500. The van der Waals surface area contributed by atoms with E-state index in [0.717, 1.165) is 17.2 Å². The zero-order valence-corrected chi connectivity index (χ0v) is 15.0. The molecule has 0 aliphatic heterocycles. The van der Waals surface area contributed by atoms with Gasteiger partial charge in [0.15, 0.2) is 0 Å². The highest BCUT2D eigenvalue weighted by Crippen LogP contribution is 2.25. The smallest absolute Gasteiger partial charge is 0.444 e. The number of benzene rings is 1. The molecule has 0 aliphatic rings. The van der Waals surface area contributed by atoms with Crippen LogP contribution in [0, 0.1) is 0 Å². The van der Waals surface area contributed by atoms with E-state index >= 15 is 0 Å². The molecule has 10 heteroatoms. The van der Waals surface area contributed by atoms with Gasteiger partial charge in [0.1, 0.15) is 17.4 Å². The largest absolute Gasteiger partial charge is 0.573 e. The van der Waals surface area contributed by atoms with E-state index in [0.29, 0.717) is 0 Å². The van der Waals surface area contributed by atoms with Crippen LogP contribution in [0.25, 0.3) is 0 Å². The first-order chi connectivity index (χ1) is 11.8. The van der Waals surface area contributed by atoms with Gasteiger partial charge in [-0.25, -0.2) is 9.86 Å². The Kier molecular flexibility index (Phi) is 6.85. The number of carbonyl (C=O) groups is 2. The standard InChI is InChI=1S/C16H21F3N2O5/c1-15(2,3)26-14(23)20-12(13(22)21(4)24-5)10-6-8-11(9-7-10)25-16(17,18)19/h6-9,12H,1-5H3,(H,20,23). The lowest BCUT2D eigenvalue weighted by atomic mass is 10.1. The van der Waals surface area contributed by atoms with E-state index in [-0.39, 0.29) is 5.56 Å². The SMILES string of the molecule is CON(C)C(=O)C(NC(=O)OC(C)(C)C)c1ccc(OC(F)(F)F)cc1. The first kappa shape index (κ1) is 21.6. The normalized spacial score (nSPS) is 12.9. The van der Waals surface area contributed by atoms with Crippen molar-refractivity contribution in [3.8, 4) is 5.75 Å². The number of carbonyl (C=O) groups excluding carboxylic acids is 2. The molecule has 0 saturated carbocycles. The minimum absolute atomic E-state index is 0.222. The lowest BCUT2D eigenvalue weighted by Gasteiger charge is -2.25. The van der Waals surface area contributed by atoms with Crippen molar-refractivity contribution in [3.63, 3.8) is 0 Å². The highest BCUT2D eigenvalue weighted by Gasteiger charge is 2.32. The van der Waals surface area contributed by atoms with Gasteiger partial charge in [-0.1, -0.05) is 12.1 Å². The predicted octanol–water partition coefficient (Wildman–Crippen LogP) is 3.17. The summed E-state index contributed by atoms with van der Waals surface area (Å²) in [5.41, 5.74) is -0.575. The van der Waals surface area contributed by atoms with Crippen LogP contribution in [0.3, 0.4) is 0 Å². The zero-order valence-electron chi connectivity index (χ0n) is 15.0. The quantitative estimate of drug-likeness (QED) is 0.797. The second kappa shape index (κ2) is 8.26. The van der Waals surface area contributed by atoms with Gasteiger partial charge < -0.3 is 14.8 Å². The fourth-order valence-electron chi connectivity index (χ4n) is 1.85. The van der Waals surface area contributed by atoms with E-state index in [2.05, 4.69) is 10.1 Å². The number of alkyl carbamates (subject to hydrolysis) is 1. The van der Waals surface area contributed by atoms with Crippen molar-refractivity contribution in [1.82, 2.24) is 10.4 Å². The number of hydrogen-bond donors (Lipinski definition) is 1. The summed E-state index contributed by atoms with van der Waals surface area (Å²) in [4.78, 5) is 29.2. The summed E-state index contributed by atoms with van der Waals surface area (Å²) in [6, 6.07) is 3.30. The van der Waals surface area contributed by atoms with E-state index in [9.17, 15) is 22.8 Å². The molecule has 1 atom stereocenters. The van der Waals surface area contributed by atoms with Gasteiger partial charge in [0, 0.05) is 7.05 Å². The minimum atomic E-state index is -4.83. The zero-order chi connectivity index (χ0) is 20.1. The monoisotopic (exact) mass is 378 g/mol. The number of halogens is 3. The van der Waals surface area contributed by atoms with Crippen LogP contribution >= 0.6 is 0 Å². The number of likely N-dealkylation sites (N-methyl/N-ethyl adjacent to an activating group) is 1. The third-order valence-corrected chi connectivity index (χ3v) is 2.94. The molecular weight excluding hydrogens is 357 g/mol. The van der Waals surface area contributed by atoms with Crippen LogP contribution < -0.4 is 10.1 Å². The van der Waals surface area contributed by atoms with E-state index in [4.69, 9.17) is 9.57 Å². The molecule has 2 amide bonds. The van der Waals surface area contributed by atoms with Gasteiger partial charge in [0.25, 0.3) is 5.91 Å². The molecule has 1 aromatic carbocycles. The van der Waals surface area contributed by atoms with Crippen molar-refractivity contribution in [2.24, 2.45) is 0 Å². The van der Waals surface area contributed by atoms with E-state index in [1.54, 1.807) is 20.8 Å². The molecule has 0 bridgehead atoms. The second-order valence-corrected chi connectivity index (χ2v) is 6.21. The van der Waals surface area contributed by atoms with Gasteiger partial charge in [-0.3, -0.25) is 9.63 Å². The Bertz CT molecular complexity index is 626. The number of nitrogens with zero attached hydrogens (tertiary/aromatic N) is 1. The Morgan fingerprint density at radius 3 is 2.08 bits per heavy atom. The predicted molar refractivity (Wildman–Crippen MR) is 85.0 cm³/mol. The first-order valence-electron chi connectivity index (χ1n) is 7.49. The van der Waals surface area contributed by atoms with Gasteiger partial charge in [-0.15, -0.1) is 13.2 Å². The molecule has 0 heterocycles. The second-order valence-electron chi connectivity index (χ2n) is 6.21. The molecule has 0 spiro atoms. The number of ether oxygens (including phenoxy) is 2. The number of nitrogens with one attached hydrogen (secondary N) is 1. The number of amides is 2. The van der Waals surface area contributed by atoms with Crippen LogP contribution in [0.2, 0.25) is 0 Å². The number of alkyl halides is 3. The van der Waals surface area contributed by atoms with Gasteiger partial charge in [0.2, 0.25) is 0 Å². The molecule has 1 rings (SSSR count). The van der Waals surface area contributed by atoms with Crippen molar-refractivity contribution >= 4 is 12.0 Å². The maximum Gasteiger partial charge on any atom is 0.573 e. The minimum Gasteiger partial charge on any atom is -0.444 e. The Balaban J connectivity index is 3.04. The van der Waals surface area contributed by atoms with Crippen LogP contribution in [0.1, 0.15) is 32.4 Å². The van der Waals surface area contributed by atoms with Crippen molar-refractivity contribution < 1.29 is 37.1 Å². The Hall–Kier alpha value is -2.49. The Morgan fingerprint density at radius 1 is 1.12 bits per heavy atom. The van der Waals surface area contributed by atoms with Crippen LogP contribution in [0.5, 0.6) is 5.75 Å². The lowest BCUT2D eigenvalue weighted by molar-refractivity contribution is -0.274. The molecule has 146 valence electrons. The van der Waals surface area contributed by atoms with Crippen molar-refractivity contribution in [3.05, 3.63) is 29.8 Å².